The molecule has 106 valence electrons. The minimum absolute atomic E-state index is 0.0644. The molecule has 1 aromatic rings. The third-order valence-electron chi connectivity index (χ3n) is 4.45. The molecule has 3 heteroatoms. The number of benzene rings is 1. The summed E-state index contributed by atoms with van der Waals surface area (Å²) >= 11 is 6.19. The normalized spacial score (nSPS) is 27.5. The van der Waals surface area contributed by atoms with Crippen molar-refractivity contribution in [1.82, 2.24) is 5.32 Å². The highest BCUT2D eigenvalue weighted by atomic mass is 35.5. The van der Waals surface area contributed by atoms with Crippen LogP contribution < -0.4 is 5.32 Å². The molecule has 1 aromatic carbocycles. The largest absolute Gasteiger partial charge is 0.306 e. The van der Waals surface area contributed by atoms with E-state index in [1.807, 2.05) is 13.0 Å². The SMILES string of the molecule is Cc1cc(F)ccc1CNC1(CCl)CCC(C)CC1. The van der Waals surface area contributed by atoms with Crippen LogP contribution in [0.4, 0.5) is 4.39 Å². The van der Waals surface area contributed by atoms with Crippen LogP contribution in [-0.4, -0.2) is 11.4 Å². The summed E-state index contributed by atoms with van der Waals surface area (Å²) in [5.41, 5.74) is 2.22. The third kappa shape index (κ3) is 3.70. The quantitative estimate of drug-likeness (QED) is 0.807. The van der Waals surface area contributed by atoms with Gasteiger partial charge in [-0.05, 0) is 61.8 Å². The van der Waals surface area contributed by atoms with Crippen LogP contribution in [0.3, 0.4) is 0 Å². The molecule has 0 atom stereocenters. The molecule has 1 aliphatic rings. The number of nitrogens with one attached hydrogen (secondary N) is 1. The lowest BCUT2D eigenvalue weighted by Gasteiger charge is -2.39. The second kappa shape index (κ2) is 6.23. The summed E-state index contributed by atoms with van der Waals surface area (Å²) in [5.74, 6) is 1.30. The number of halogens is 2. The van der Waals surface area contributed by atoms with Gasteiger partial charge in [-0.15, -0.1) is 11.6 Å². The first-order chi connectivity index (χ1) is 9.04. The molecule has 0 radical (unpaired) electrons. The fourth-order valence-electron chi connectivity index (χ4n) is 2.81. The van der Waals surface area contributed by atoms with Crippen LogP contribution in [0.25, 0.3) is 0 Å². The molecule has 0 saturated heterocycles. The first-order valence-corrected chi connectivity index (χ1v) is 7.64. The zero-order chi connectivity index (χ0) is 13.9. The first kappa shape index (κ1) is 14.8. The van der Waals surface area contributed by atoms with E-state index >= 15 is 0 Å². The van der Waals surface area contributed by atoms with Crippen LogP contribution in [0.2, 0.25) is 0 Å². The summed E-state index contributed by atoms with van der Waals surface area (Å²) in [6, 6.07) is 4.98. The van der Waals surface area contributed by atoms with Gasteiger partial charge in [-0.2, -0.15) is 0 Å². The van der Waals surface area contributed by atoms with Gasteiger partial charge in [0.15, 0.2) is 0 Å². The Morgan fingerprint density at radius 1 is 1.37 bits per heavy atom. The van der Waals surface area contributed by atoms with Crippen LogP contribution in [-0.2, 0) is 6.54 Å². The van der Waals surface area contributed by atoms with Crippen molar-refractivity contribution in [3.8, 4) is 0 Å². The predicted molar refractivity (Wildman–Crippen MR) is 79.1 cm³/mol. The Labute approximate surface area is 120 Å². The van der Waals surface area contributed by atoms with E-state index in [0.717, 1.165) is 36.4 Å². The zero-order valence-corrected chi connectivity index (χ0v) is 12.6. The maximum Gasteiger partial charge on any atom is 0.123 e. The molecule has 0 unspecified atom stereocenters. The predicted octanol–water partition coefficient (Wildman–Crippen LogP) is 4.41. The molecule has 1 aliphatic carbocycles. The molecule has 0 amide bonds. The smallest absolute Gasteiger partial charge is 0.123 e. The fraction of sp³-hybridized carbons (Fsp3) is 0.625. The summed E-state index contributed by atoms with van der Waals surface area (Å²) in [6.45, 7) is 5.03. The fourth-order valence-corrected chi connectivity index (χ4v) is 3.17. The standard InChI is InChI=1S/C16H23ClFN/c1-12-5-7-16(11-17,8-6-12)19-10-14-3-4-15(18)9-13(14)2/h3-4,9,12,19H,5-8,10-11H2,1-2H3. The van der Waals surface area contributed by atoms with Crippen molar-refractivity contribution in [3.05, 3.63) is 35.1 Å². The van der Waals surface area contributed by atoms with Gasteiger partial charge in [0.25, 0.3) is 0 Å². The Morgan fingerprint density at radius 3 is 2.63 bits per heavy atom. The van der Waals surface area contributed by atoms with Gasteiger partial charge in [0, 0.05) is 18.0 Å². The molecule has 0 spiro atoms. The van der Waals surface area contributed by atoms with Crippen LogP contribution in [0, 0.1) is 18.7 Å². The van der Waals surface area contributed by atoms with E-state index in [4.69, 9.17) is 11.6 Å². The van der Waals surface area contributed by atoms with Crippen molar-refractivity contribution in [1.29, 1.82) is 0 Å². The number of aryl methyl sites for hydroxylation is 1. The summed E-state index contributed by atoms with van der Waals surface area (Å²) in [5, 5.41) is 3.63. The monoisotopic (exact) mass is 283 g/mol. The Balaban J connectivity index is 2.00. The average molecular weight is 284 g/mol. The number of hydrogen-bond acceptors (Lipinski definition) is 1. The summed E-state index contributed by atoms with van der Waals surface area (Å²) < 4.78 is 13.1. The van der Waals surface area contributed by atoms with Gasteiger partial charge in [-0.1, -0.05) is 13.0 Å². The van der Waals surface area contributed by atoms with Gasteiger partial charge in [-0.3, -0.25) is 0 Å². The molecule has 0 heterocycles. The third-order valence-corrected chi connectivity index (χ3v) is 4.96. The maximum atomic E-state index is 13.1. The number of rotatable bonds is 4. The van der Waals surface area contributed by atoms with E-state index in [9.17, 15) is 4.39 Å². The minimum atomic E-state index is -0.167. The Hall–Kier alpha value is -0.600. The topological polar surface area (TPSA) is 12.0 Å². The van der Waals surface area contributed by atoms with E-state index < -0.39 is 0 Å². The van der Waals surface area contributed by atoms with Crippen molar-refractivity contribution >= 4 is 11.6 Å². The Kier molecular flexibility index (Phi) is 4.86. The minimum Gasteiger partial charge on any atom is -0.306 e. The first-order valence-electron chi connectivity index (χ1n) is 7.11. The van der Waals surface area contributed by atoms with E-state index in [1.54, 1.807) is 6.07 Å². The van der Waals surface area contributed by atoms with Gasteiger partial charge >= 0.3 is 0 Å². The molecular formula is C16H23ClFN. The highest BCUT2D eigenvalue weighted by Crippen LogP contribution is 2.33. The van der Waals surface area contributed by atoms with E-state index in [2.05, 4.69) is 12.2 Å². The van der Waals surface area contributed by atoms with Crippen molar-refractivity contribution < 1.29 is 4.39 Å². The average Bonchev–Trinajstić information content (AvgIpc) is 2.40. The summed E-state index contributed by atoms with van der Waals surface area (Å²) in [4.78, 5) is 0. The number of hydrogen-bond donors (Lipinski definition) is 1. The highest BCUT2D eigenvalue weighted by Gasteiger charge is 2.32. The molecule has 0 bridgehead atoms. The van der Waals surface area contributed by atoms with Gasteiger partial charge < -0.3 is 5.32 Å². The lowest BCUT2D eigenvalue weighted by molar-refractivity contribution is 0.216. The van der Waals surface area contributed by atoms with E-state index in [0.29, 0.717) is 5.88 Å². The van der Waals surface area contributed by atoms with Gasteiger partial charge in [-0.25, -0.2) is 4.39 Å². The van der Waals surface area contributed by atoms with Crippen molar-refractivity contribution in [3.63, 3.8) is 0 Å². The summed E-state index contributed by atoms with van der Waals surface area (Å²) in [6.07, 6.45) is 4.75. The highest BCUT2D eigenvalue weighted by molar-refractivity contribution is 6.18. The van der Waals surface area contributed by atoms with E-state index in [-0.39, 0.29) is 11.4 Å². The Morgan fingerprint density at radius 2 is 2.05 bits per heavy atom. The number of alkyl halides is 1. The molecule has 1 N–H and O–H groups in total. The van der Waals surface area contributed by atoms with Crippen LogP contribution in [0.5, 0.6) is 0 Å². The maximum absolute atomic E-state index is 13.1. The second-order valence-corrected chi connectivity index (χ2v) is 6.29. The molecule has 2 rings (SSSR count). The molecule has 19 heavy (non-hydrogen) atoms. The van der Waals surface area contributed by atoms with Crippen molar-refractivity contribution in [2.45, 2.75) is 51.6 Å². The lowest BCUT2D eigenvalue weighted by atomic mass is 9.78. The molecular weight excluding hydrogens is 261 g/mol. The second-order valence-electron chi connectivity index (χ2n) is 6.02. The Bertz CT molecular complexity index is 425. The van der Waals surface area contributed by atoms with Crippen LogP contribution in [0.1, 0.15) is 43.7 Å². The molecule has 0 aromatic heterocycles. The van der Waals surface area contributed by atoms with Gasteiger partial charge in [0.1, 0.15) is 5.82 Å². The summed E-state index contributed by atoms with van der Waals surface area (Å²) in [7, 11) is 0. The van der Waals surface area contributed by atoms with Crippen molar-refractivity contribution in [2.24, 2.45) is 5.92 Å². The van der Waals surface area contributed by atoms with Gasteiger partial charge in [0.2, 0.25) is 0 Å². The van der Waals surface area contributed by atoms with Gasteiger partial charge in [0.05, 0.1) is 0 Å². The lowest BCUT2D eigenvalue weighted by Crippen LogP contribution is -2.49. The molecule has 1 saturated carbocycles. The van der Waals surface area contributed by atoms with Crippen LogP contribution in [0.15, 0.2) is 18.2 Å². The molecule has 1 nitrogen and oxygen atoms in total. The van der Waals surface area contributed by atoms with E-state index in [1.165, 1.54) is 18.9 Å². The van der Waals surface area contributed by atoms with Crippen LogP contribution >= 0.6 is 11.6 Å². The molecule has 1 fully saturated rings. The van der Waals surface area contributed by atoms with Crippen molar-refractivity contribution in [2.75, 3.05) is 5.88 Å². The molecule has 0 aliphatic heterocycles. The zero-order valence-electron chi connectivity index (χ0n) is 11.8.